The molecule has 1 aromatic heterocycles. The van der Waals surface area contributed by atoms with Gasteiger partial charge in [-0.15, -0.1) is 0 Å². The first kappa shape index (κ1) is 17.9. The molecule has 1 N–H and O–H groups in total. The van der Waals surface area contributed by atoms with Crippen molar-refractivity contribution in [3.8, 4) is 0 Å². The van der Waals surface area contributed by atoms with E-state index < -0.39 is 16.1 Å². The van der Waals surface area contributed by atoms with Crippen molar-refractivity contribution in [2.45, 2.75) is 49.1 Å². The minimum Gasteiger partial charge on any atom is -0.380 e. The molecule has 26 heavy (non-hydrogen) atoms. The maximum atomic E-state index is 13.4. The Kier molecular flexibility index (Phi) is 4.54. The number of hydrogen-bond donors (Lipinski definition) is 1. The number of benzene rings is 1. The number of rotatable bonds is 5. The van der Waals surface area contributed by atoms with Crippen LogP contribution in [0, 0.1) is 6.92 Å². The highest BCUT2D eigenvalue weighted by Gasteiger charge is 2.44. The Balaban J connectivity index is 1.73. The van der Waals surface area contributed by atoms with E-state index in [1.807, 2.05) is 0 Å². The lowest BCUT2D eigenvalue weighted by Gasteiger charge is -2.23. The Morgan fingerprint density at radius 2 is 2.12 bits per heavy atom. The van der Waals surface area contributed by atoms with E-state index in [1.165, 1.54) is 4.31 Å². The smallest absolute Gasteiger partial charge is 0.245 e. The molecule has 0 spiro atoms. The molecule has 0 amide bonds. The number of aromatic nitrogens is 3. The minimum absolute atomic E-state index is 0.144. The Morgan fingerprint density at radius 3 is 2.77 bits per heavy atom. The molecule has 7 nitrogen and oxygen atoms in total. The Morgan fingerprint density at radius 1 is 1.35 bits per heavy atom. The first-order valence-electron chi connectivity index (χ1n) is 8.63. The zero-order valence-electron chi connectivity index (χ0n) is 14.6. The minimum atomic E-state index is -3.80. The van der Waals surface area contributed by atoms with Gasteiger partial charge in [-0.25, -0.2) is 13.4 Å². The third-order valence-corrected chi connectivity index (χ3v) is 7.57. The molecule has 2 heterocycles. The van der Waals surface area contributed by atoms with Gasteiger partial charge in [-0.2, -0.15) is 9.40 Å². The number of ether oxygens (including phenoxy) is 1. The topological polar surface area (TPSA) is 88.2 Å². The predicted molar refractivity (Wildman–Crippen MR) is 96.6 cm³/mol. The van der Waals surface area contributed by atoms with Crippen LogP contribution in [0.5, 0.6) is 0 Å². The summed E-state index contributed by atoms with van der Waals surface area (Å²) in [6.45, 7) is 2.00. The molecular weight excluding hydrogens is 376 g/mol. The van der Waals surface area contributed by atoms with Crippen LogP contribution in [0.2, 0.25) is 5.02 Å². The van der Waals surface area contributed by atoms with Crippen LogP contribution in [0.3, 0.4) is 0 Å². The quantitative estimate of drug-likeness (QED) is 0.839. The van der Waals surface area contributed by atoms with Crippen LogP contribution in [0.4, 0.5) is 0 Å². The van der Waals surface area contributed by atoms with Crippen molar-refractivity contribution >= 4 is 21.6 Å². The Bertz CT molecular complexity index is 906. The first-order chi connectivity index (χ1) is 12.4. The van der Waals surface area contributed by atoms with E-state index in [0.717, 1.165) is 18.7 Å². The molecule has 1 saturated carbocycles. The Hall–Kier alpha value is -1.48. The highest BCUT2D eigenvalue weighted by molar-refractivity contribution is 7.89. The van der Waals surface area contributed by atoms with E-state index in [4.69, 9.17) is 16.3 Å². The lowest BCUT2D eigenvalue weighted by atomic mass is 10.2. The fourth-order valence-corrected chi connectivity index (χ4v) is 5.90. The van der Waals surface area contributed by atoms with Crippen LogP contribution < -0.4 is 0 Å². The van der Waals surface area contributed by atoms with E-state index in [0.29, 0.717) is 23.7 Å². The molecule has 4 rings (SSSR count). The number of nitrogens with zero attached hydrogens (tertiary/aromatic N) is 3. The summed E-state index contributed by atoms with van der Waals surface area (Å²) in [7, 11) is -2.21. The van der Waals surface area contributed by atoms with Gasteiger partial charge >= 0.3 is 0 Å². The average Bonchev–Trinajstić information content (AvgIpc) is 3.16. The largest absolute Gasteiger partial charge is 0.380 e. The van der Waals surface area contributed by atoms with Gasteiger partial charge in [0.15, 0.2) is 5.82 Å². The van der Waals surface area contributed by atoms with E-state index in [2.05, 4.69) is 15.2 Å². The van der Waals surface area contributed by atoms with Crippen molar-refractivity contribution in [2.24, 2.45) is 0 Å². The molecule has 9 heteroatoms. The SMILES string of the molecule is CO[C@@H]1C[C@@H](c2nc(C3CC3)n[nH]2)N(S(=O)(=O)c2c(C)cccc2Cl)C1. The molecule has 1 aliphatic carbocycles. The lowest BCUT2D eigenvalue weighted by molar-refractivity contribution is 0.114. The third kappa shape index (κ3) is 3.05. The average molecular weight is 397 g/mol. The van der Waals surface area contributed by atoms with E-state index >= 15 is 0 Å². The van der Waals surface area contributed by atoms with Crippen LogP contribution in [-0.2, 0) is 14.8 Å². The standard InChI is InChI=1S/C17H21ClN4O3S/c1-10-4-3-5-13(18)15(10)26(23,24)22-9-12(25-2)8-14(22)17-19-16(20-21-17)11-6-7-11/h3-5,11-12,14H,6-9H2,1-2H3,(H,19,20,21)/t12-,14+/m1/s1. The van der Waals surface area contributed by atoms with Crippen molar-refractivity contribution in [1.29, 1.82) is 0 Å². The molecule has 1 aliphatic heterocycles. The zero-order chi connectivity index (χ0) is 18.5. The molecule has 2 atom stereocenters. The van der Waals surface area contributed by atoms with Crippen LogP contribution in [0.25, 0.3) is 0 Å². The van der Waals surface area contributed by atoms with Gasteiger partial charge in [0.25, 0.3) is 0 Å². The fourth-order valence-electron chi connectivity index (χ4n) is 3.48. The van der Waals surface area contributed by atoms with Crippen LogP contribution in [0.15, 0.2) is 23.1 Å². The number of aryl methyl sites for hydroxylation is 1. The van der Waals surface area contributed by atoms with E-state index in [-0.39, 0.29) is 22.6 Å². The summed E-state index contributed by atoms with van der Waals surface area (Å²) >= 11 is 6.24. The molecule has 0 radical (unpaired) electrons. The second-order valence-corrected chi connectivity index (χ2v) is 9.16. The van der Waals surface area contributed by atoms with Crippen LogP contribution in [-0.4, -0.2) is 47.7 Å². The van der Waals surface area contributed by atoms with Gasteiger partial charge < -0.3 is 4.74 Å². The van der Waals surface area contributed by atoms with Crippen molar-refractivity contribution in [3.05, 3.63) is 40.4 Å². The molecule has 2 aliphatic rings. The summed E-state index contributed by atoms with van der Waals surface area (Å²) in [5.74, 6) is 1.74. The summed E-state index contributed by atoms with van der Waals surface area (Å²) < 4.78 is 33.7. The molecule has 0 unspecified atom stereocenters. The predicted octanol–water partition coefficient (Wildman–Crippen LogP) is 2.79. The zero-order valence-corrected chi connectivity index (χ0v) is 16.2. The van der Waals surface area contributed by atoms with Gasteiger partial charge in [0.2, 0.25) is 10.0 Å². The molecule has 1 saturated heterocycles. The summed E-state index contributed by atoms with van der Waals surface area (Å²) in [6.07, 6.45) is 2.50. The molecule has 2 fully saturated rings. The van der Waals surface area contributed by atoms with Gasteiger partial charge in [-0.05, 0) is 37.8 Å². The Labute approximate surface area is 157 Å². The number of halogens is 1. The monoisotopic (exact) mass is 396 g/mol. The summed E-state index contributed by atoms with van der Waals surface area (Å²) in [5, 5.41) is 7.44. The lowest BCUT2D eigenvalue weighted by Crippen LogP contribution is -2.33. The number of aromatic amines is 1. The van der Waals surface area contributed by atoms with Gasteiger partial charge in [0, 0.05) is 19.6 Å². The van der Waals surface area contributed by atoms with Crippen molar-refractivity contribution < 1.29 is 13.2 Å². The maximum absolute atomic E-state index is 13.4. The molecule has 0 bridgehead atoms. The number of methoxy groups -OCH3 is 1. The highest BCUT2D eigenvalue weighted by atomic mass is 35.5. The second kappa shape index (κ2) is 6.60. The number of hydrogen-bond acceptors (Lipinski definition) is 5. The van der Waals surface area contributed by atoms with Gasteiger partial charge in [0.05, 0.1) is 17.2 Å². The van der Waals surface area contributed by atoms with Crippen molar-refractivity contribution in [3.63, 3.8) is 0 Å². The van der Waals surface area contributed by atoms with Gasteiger partial charge in [-0.3, -0.25) is 5.10 Å². The summed E-state index contributed by atoms with van der Waals surface area (Å²) in [5.41, 5.74) is 0.619. The molecule has 1 aromatic carbocycles. The number of sulfonamides is 1. The summed E-state index contributed by atoms with van der Waals surface area (Å²) in [6, 6.07) is 4.65. The van der Waals surface area contributed by atoms with E-state index in [9.17, 15) is 8.42 Å². The second-order valence-electron chi connectivity index (χ2n) is 6.92. The highest BCUT2D eigenvalue weighted by Crippen LogP contribution is 2.41. The van der Waals surface area contributed by atoms with Crippen LogP contribution in [0.1, 0.15) is 48.4 Å². The molecular formula is C17H21ClN4O3S. The third-order valence-electron chi connectivity index (χ3n) is 5.06. The summed E-state index contributed by atoms with van der Waals surface area (Å²) in [4.78, 5) is 4.71. The van der Waals surface area contributed by atoms with Crippen molar-refractivity contribution in [1.82, 2.24) is 19.5 Å². The van der Waals surface area contributed by atoms with Crippen molar-refractivity contribution in [2.75, 3.05) is 13.7 Å². The van der Waals surface area contributed by atoms with Crippen LogP contribution >= 0.6 is 11.6 Å². The number of H-pyrrole nitrogens is 1. The fraction of sp³-hybridized carbons (Fsp3) is 0.529. The van der Waals surface area contributed by atoms with E-state index in [1.54, 1.807) is 32.2 Å². The van der Waals surface area contributed by atoms with Gasteiger partial charge in [0.1, 0.15) is 10.7 Å². The maximum Gasteiger partial charge on any atom is 0.245 e. The van der Waals surface area contributed by atoms with Gasteiger partial charge in [-0.1, -0.05) is 23.7 Å². The first-order valence-corrected chi connectivity index (χ1v) is 10.5. The number of nitrogens with one attached hydrogen (secondary N) is 1. The molecule has 140 valence electrons. The molecule has 2 aromatic rings. The normalized spacial score (nSPS) is 24.3.